The molecule has 37 heavy (non-hydrogen) atoms. The summed E-state index contributed by atoms with van der Waals surface area (Å²) in [5.41, 5.74) is 0.464. The van der Waals surface area contributed by atoms with E-state index in [4.69, 9.17) is 14.2 Å². The predicted octanol–water partition coefficient (Wildman–Crippen LogP) is 2.48. The standard InChI is InChI=1S/C23H28FN7O5S/c1-34-17-7-3-8-18(35-2)20(17)31-21(19-9-5-11-36-19)27-28-23(31)29-37(32,33)16-6-4-10-30(14-16)22-25-12-15(24)13-26-22/h3,7-8,12-13,16,19H,4-6,9-11,14H2,1-2H3,(H,28,29)/t16?,19-/m1/s1. The number of sulfonamides is 1. The smallest absolute Gasteiger partial charge is 0.243 e. The minimum absolute atomic E-state index is 0.00320. The minimum atomic E-state index is -3.93. The van der Waals surface area contributed by atoms with E-state index in [2.05, 4.69) is 24.9 Å². The Morgan fingerprint density at radius 1 is 1.08 bits per heavy atom. The van der Waals surface area contributed by atoms with Crippen molar-refractivity contribution in [3.05, 3.63) is 42.2 Å². The maximum atomic E-state index is 13.6. The number of hydrogen-bond acceptors (Lipinski definition) is 10. The van der Waals surface area contributed by atoms with E-state index >= 15 is 0 Å². The molecule has 2 saturated heterocycles. The van der Waals surface area contributed by atoms with Gasteiger partial charge in [-0.25, -0.2) is 22.8 Å². The quantitative estimate of drug-likeness (QED) is 0.460. The van der Waals surface area contributed by atoms with E-state index in [0.29, 0.717) is 49.0 Å². The summed E-state index contributed by atoms with van der Waals surface area (Å²) < 4.78 is 61.7. The van der Waals surface area contributed by atoms with Crippen LogP contribution in [0.2, 0.25) is 0 Å². The molecule has 1 aromatic carbocycles. The fourth-order valence-electron chi connectivity index (χ4n) is 4.68. The van der Waals surface area contributed by atoms with Crippen LogP contribution in [0, 0.1) is 5.82 Å². The topological polar surface area (TPSA) is 134 Å². The number of methoxy groups -OCH3 is 2. The lowest BCUT2D eigenvalue weighted by Crippen LogP contribution is -2.45. The Bertz CT molecular complexity index is 1320. The number of ether oxygens (including phenoxy) is 3. The first-order valence-electron chi connectivity index (χ1n) is 11.9. The van der Waals surface area contributed by atoms with Crippen LogP contribution in [-0.4, -0.2) is 72.3 Å². The van der Waals surface area contributed by atoms with Gasteiger partial charge in [-0.05, 0) is 37.8 Å². The number of benzene rings is 1. The molecule has 2 aromatic heterocycles. The number of halogens is 1. The highest BCUT2D eigenvalue weighted by Gasteiger charge is 2.35. The molecule has 0 saturated carbocycles. The second kappa shape index (κ2) is 10.5. The van der Waals surface area contributed by atoms with Crippen molar-refractivity contribution in [3.63, 3.8) is 0 Å². The first kappa shape index (κ1) is 25.1. The molecule has 0 radical (unpaired) electrons. The van der Waals surface area contributed by atoms with E-state index < -0.39 is 21.1 Å². The van der Waals surface area contributed by atoms with Crippen LogP contribution in [0.1, 0.15) is 37.6 Å². The summed E-state index contributed by atoms with van der Waals surface area (Å²) in [4.78, 5) is 9.73. The van der Waals surface area contributed by atoms with Crippen molar-refractivity contribution < 1.29 is 27.0 Å². The van der Waals surface area contributed by atoms with Crippen molar-refractivity contribution >= 4 is 21.9 Å². The Balaban J connectivity index is 1.50. The van der Waals surface area contributed by atoms with Crippen molar-refractivity contribution in [2.45, 2.75) is 37.0 Å². The molecule has 1 N–H and O–H groups in total. The second-order valence-electron chi connectivity index (χ2n) is 8.79. The van der Waals surface area contributed by atoms with Crippen molar-refractivity contribution in [2.24, 2.45) is 0 Å². The van der Waals surface area contributed by atoms with Gasteiger partial charge in [0.2, 0.25) is 21.9 Å². The summed E-state index contributed by atoms with van der Waals surface area (Å²) in [5, 5.41) is 7.73. The normalized spacial score (nSPS) is 20.1. The number of para-hydroxylation sites is 1. The van der Waals surface area contributed by atoms with E-state index in [0.717, 1.165) is 25.2 Å². The maximum Gasteiger partial charge on any atom is 0.243 e. The number of rotatable bonds is 8. The summed E-state index contributed by atoms with van der Waals surface area (Å²) in [6.07, 6.45) is 4.37. The van der Waals surface area contributed by atoms with Gasteiger partial charge < -0.3 is 19.1 Å². The molecule has 2 fully saturated rings. The Morgan fingerprint density at radius 2 is 1.81 bits per heavy atom. The summed E-state index contributed by atoms with van der Waals surface area (Å²) in [6.45, 7) is 1.28. The number of aromatic nitrogens is 5. The lowest BCUT2D eigenvalue weighted by molar-refractivity contribution is 0.103. The van der Waals surface area contributed by atoms with Gasteiger partial charge in [0, 0.05) is 19.7 Å². The Kier molecular flexibility index (Phi) is 7.11. The Labute approximate surface area is 213 Å². The van der Waals surface area contributed by atoms with Crippen LogP contribution in [0.25, 0.3) is 5.69 Å². The van der Waals surface area contributed by atoms with Crippen LogP contribution in [0.5, 0.6) is 11.5 Å². The monoisotopic (exact) mass is 533 g/mol. The van der Waals surface area contributed by atoms with Crippen LogP contribution in [-0.2, 0) is 14.8 Å². The highest BCUT2D eigenvalue weighted by Crippen LogP contribution is 2.39. The third kappa shape index (κ3) is 5.03. The summed E-state index contributed by atoms with van der Waals surface area (Å²) in [7, 11) is -0.892. The third-order valence-corrected chi connectivity index (χ3v) is 8.20. The number of nitrogens with zero attached hydrogens (tertiary/aromatic N) is 6. The molecule has 0 spiro atoms. The van der Waals surface area contributed by atoms with Gasteiger partial charge >= 0.3 is 0 Å². The summed E-state index contributed by atoms with van der Waals surface area (Å²) >= 11 is 0. The van der Waals surface area contributed by atoms with Gasteiger partial charge in [0.15, 0.2) is 11.6 Å². The molecule has 4 heterocycles. The van der Waals surface area contributed by atoms with E-state index in [9.17, 15) is 12.8 Å². The molecule has 5 rings (SSSR count). The molecule has 0 aliphatic carbocycles. The van der Waals surface area contributed by atoms with Crippen molar-refractivity contribution in [3.8, 4) is 17.2 Å². The van der Waals surface area contributed by atoms with E-state index in [-0.39, 0.29) is 24.5 Å². The summed E-state index contributed by atoms with van der Waals surface area (Å²) in [6, 6.07) is 5.27. The molecular weight excluding hydrogens is 505 g/mol. The lowest BCUT2D eigenvalue weighted by Gasteiger charge is -2.32. The van der Waals surface area contributed by atoms with Gasteiger partial charge in [-0.2, -0.15) is 0 Å². The molecule has 198 valence electrons. The molecule has 1 unspecified atom stereocenters. The van der Waals surface area contributed by atoms with Crippen LogP contribution in [0.4, 0.5) is 16.3 Å². The van der Waals surface area contributed by atoms with E-state index in [1.54, 1.807) is 27.7 Å². The molecule has 12 nitrogen and oxygen atoms in total. The molecule has 0 amide bonds. The van der Waals surface area contributed by atoms with Crippen LogP contribution in [0.3, 0.4) is 0 Å². The third-order valence-electron chi connectivity index (χ3n) is 6.47. The van der Waals surface area contributed by atoms with E-state index in [1.807, 2.05) is 0 Å². The van der Waals surface area contributed by atoms with Gasteiger partial charge in [-0.1, -0.05) is 6.07 Å². The van der Waals surface area contributed by atoms with Gasteiger partial charge in [-0.3, -0.25) is 9.29 Å². The van der Waals surface area contributed by atoms with Crippen molar-refractivity contribution in [2.75, 3.05) is 43.5 Å². The first-order valence-corrected chi connectivity index (χ1v) is 13.5. The molecule has 2 aliphatic rings. The SMILES string of the molecule is COc1cccc(OC)c1-n1c(NS(=O)(=O)C2CCCN(c3ncc(F)cn3)C2)nnc1[C@H]1CCCO1. The zero-order valence-electron chi connectivity index (χ0n) is 20.5. The number of anilines is 2. The number of nitrogens with one attached hydrogen (secondary N) is 1. The van der Waals surface area contributed by atoms with Crippen LogP contribution >= 0.6 is 0 Å². The second-order valence-corrected chi connectivity index (χ2v) is 10.7. The van der Waals surface area contributed by atoms with Crippen LogP contribution < -0.4 is 19.1 Å². The van der Waals surface area contributed by atoms with E-state index in [1.165, 1.54) is 14.2 Å². The highest BCUT2D eigenvalue weighted by molar-refractivity contribution is 7.93. The molecule has 14 heteroatoms. The zero-order valence-corrected chi connectivity index (χ0v) is 21.3. The van der Waals surface area contributed by atoms with Gasteiger partial charge in [0.25, 0.3) is 0 Å². The zero-order chi connectivity index (χ0) is 26.0. The fourth-order valence-corrected chi connectivity index (χ4v) is 6.08. The average Bonchev–Trinajstić information content (AvgIpc) is 3.58. The molecule has 2 aliphatic heterocycles. The predicted molar refractivity (Wildman–Crippen MR) is 132 cm³/mol. The molecular formula is C23H28FN7O5S. The number of hydrogen-bond donors (Lipinski definition) is 1. The Morgan fingerprint density at radius 3 is 2.46 bits per heavy atom. The maximum absolute atomic E-state index is 13.6. The first-order chi connectivity index (χ1) is 17.9. The Hall–Kier alpha value is -3.52. The summed E-state index contributed by atoms with van der Waals surface area (Å²) in [5.74, 6) is 1.09. The molecule has 2 atom stereocenters. The lowest BCUT2D eigenvalue weighted by atomic mass is 10.1. The minimum Gasteiger partial charge on any atom is -0.494 e. The van der Waals surface area contributed by atoms with Gasteiger partial charge in [0.1, 0.15) is 23.3 Å². The fraction of sp³-hybridized carbons (Fsp3) is 0.478. The molecule has 3 aromatic rings. The van der Waals surface area contributed by atoms with Crippen LogP contribution in [0.15, 0.2) is 30.6 Å². The number of piperidine rings is 1. The van der Waals surface area contributed by atoms with Gasteiger partial charge in [-0.15, -0.1) is 10.2 Å². The van der Waals surface area contributed by atoms with Crippen molar-refractivity contribution in [1.29, 1.82) is 0 Å². The largest absolute Gasteiger partial charge is 0.494 e. The van der Waals surface area contributed by atoms with Gasteiger partial charge in [0.05, 0.1) is 31.9 Å². The highest BCUT2D eigenvalue weighted by atomic mass is 32.2. The molecule has 0 bridgehead atoms. The van der Waals surface area contributed by atoms with Crippen molar-refractivity contribution in [1.82, 2.24) is 24.7 Å². The average molecular weight is 534 g/mol.